The fraction of sp³-hybridized carbons (Fsp3) is 0.385. The van der Waals surface area contributed by atoms with E-state index >= 15 is 0 Å². The maximum atomic E-state index is 11.6. The lowest BCUT2D eigenvalue weighted by atomic mass is 9.90. The van der Waals surface area contributed by atoms with Crippen molar-refractivity contribution >= 4 is 11.7 Å². The summed E-state index contributed by atoms with van der Waals surface area (Å²) in [7, 11) is 0. The molecule has 2 atom stereocenters. The zero-order valence-electron chi connectivity index (χ0n) is 11.2. The number of hydrogen-bond donors (Lipinski definition) is 1. The van der Waals surface area contributed by atoms with Crippen LogP contribution in [-0.2, 0) is 4.79 Å². The molecule has 7 heteroatoms. The Hall–Kier alpha value is -2.62. The van der Waals surface area contributed by atoms with E-state index in [1.807, 2.05) is 0 Å². The van der Waals surface area contributed by atoms with Gasteiger partial charge in [0.1, 0.15) is 0 Å². The van der Waals surface area contributed by atoms with Gasteiger partial charge in [0.15, 0.2) is 6.19 Å². The lowest BCUT2D eigenvalue weighted by Gasteiger charge is -2.32. The number of aliphatic carboxylic acids is 1. The third-order valence-electron chi connectivity index (χ3n) is 3.35. The van der Waals surface area contributed by atoms with E-state index in [2.05, 4.69) is 0 Å². The number of rotatable bonds is 6. The molecule has 0 unspecified atom stereocenters. The molecule has 0 spiro atoms. The second-order valence-corrected chi connectivity index (χ2v) is 4.37. The zero-order chi connectivity index (χ0) is 15.3. The van der Waals surface area contributed by atoms with Crippen molar-refractivity contribution in [2.75, 3.05) is 4.90 Å². The maximum Gasteiger partial charge on any atom is 0.406 e. The number of nitriles is 1. The van der Waals surface area contributed by atoms with Crippen molar-refractivity contribution in [3.8, 4) is 6.19 Å². The van der Waals surface area contributed by atoms with Gasteiger partial charge in [-0.1, -0.05) is 32.0 Å². The third-order valence-corrected chi connectivity index (χ3v) is 3.35. The first-order valence-electron chi connectivity index (χ1n) is 6.05. The van der Waals surface area contributed by atoms with Crippen LogP contribution in [0.3, 0.4) is 0 Å². The Morgan fingerprint density at radius 3 is 2.45 bits per heavy atom. The van der Waals surface area contributed by atoms with Gasteiger partial charge < -0.3 is 5.11 Å². The number of anilines is 1. The van der Waals surface area contributed by atoms with Crippen LogP contribution in [0, 0.1) is 27.5 Å². The first kappa shape index (κ1) is 15.4. The van der Waals surface area contributed by atoms with Crippen LogP contribution < -0.4 is 4.90 Å². The third kappa shape index (κ3) is 2.28. The van der Waals surface area contributed by atoms with Crippen LogP contribution in [0.15, 0.2) is 30.3 Å². The van der Waals surface area contributed by atoms with Crippen molar-refractivity contribution in [3.63, 3.8) is 0 Å². The maximum absolute atomic E-state index is 11.6. The van der Waals surface area contributed by atoms with Crippen molar-refractivity contribution in [2.45, 2.75) is 25.9 Å². The number of nitro groups is 1. The van der Waals surface area contributed by atoms with Gasteiger partial charge in [0.05, 0.1) is 16.5 Å². The summed E-state index contributed by atoms with van der Waals surface area (Å²) in [4.78, 5) is 22.8. The topological polar surface area (TPSA) is 107 Å². The molecule has 1 rings (SSSR count). The van der Waals surface area contributed by atoms with E-state index in [0.717, 1.165) is 0 Å². The normalized spacial score (nSPS) is 14.7. The summed E-state index contributed by atoms with van der Waals surface area (Å²) in [5.41, 5.74) is -2.33. The number of carboxylic acid groups (broad SMARTS) is 1. The van der Waals surface area contributed by atoms with Crippen LogP contribution in [-0.4, -0.2) is 21.7 Å². The predicted octanol–water partition coefficient (Wildman–Crippen LogP) is 2.08. The predicted molar refractivity (Wildman–Crippen MR) is 71.4 cm³/mol. The van der Waals surface area contributed by atoms with Gasteiger partial charge in [0.25, 0.3) is 0 Å². The van der Waals surface area contributed by atoms with Gasteiger partial charge in [-0.25, -0.2) is 9.69 Å². The van der Waals surface area contributed by atoms with Gasteiger partial charge >= 0.3 is 11.6 Å². The van der Waals surface area contributed by atoms with Crippen LogP contribution in [0.2, 0.25) is 0 Å². The average molecular weight is 277 g/mol. The van der Waals surface area contributed by atoms with Crippen molar-refractivity contribution in [3.05, 3.63) is 40.4 Å². The van der Waals surface area contributed by atoms with E-state index in [0.29, 0.717) is 4.90 Å². The van der Waals surface area contributed by atoms with Gasteiger partial charge in [-0.2, -0.15) is 5.26 Å². The van der Waals surface area contributed by atoms with Gasteiger partial charge in [-0.05, 0) is 18.6 Å². The molecule has 0 amide bonds. The molecule has 0 aliphatic heterocycles. The smallest absolute Gasteiger partial charge is 0.406 e. The molecular weight excluding hydrogens is 262 g/mol. The van der Waals surface area contributed by atoms with Crippen LogP contribution in [0.4, 0.5) is 5.69 Å². The highest BCUT2D eigenvalue weighted by Gasteiger charge is 2.61. The standard InChI is InChI=1S/C13H15N3O4/c1-3-10(2)13(12(17)18,16(19)20)15(9-14)11-7-5-4-6-8-11/h4-8,10H,3H2,1-2H3,(H,17,18)/t10-,13+/m0/s1. The van der Waals surface area contributed by atoms with Crippen LogP contribution >= 0.6 is 0 Å². The van der Waals surface area contributed by atoms with Gasteiger partial charge in [0, 0.05) is 0 Å². The van der Waals surface area contributed by atoms with Crippen LogP contribution in [0.5, 0.6) is 0 Å². The Kier molecular flexibility index (Phi) is 4.64. The quantitative estimate of drug-likeness (QED) is 0.280. The summed E-state index contributed by atoms with van der Waals surface area (Å²) in [6.07, 6.45) is 1.90. The molecule has 0 saturated carbocycles. The Morgan fingerprint density at radius 2 is 2.10 bits per heavy atom. The lowest BCUT2D eigenvalue weighted by Crippen LogP contribution is -2.63. The van der Waals surface area contributed by atoms with Crippen LogP contribution in [0.25, 0.3) is 0 Å². The Balaban J connectivity index is 3.54. The summed E-state index contributed by atoms with van der Waals surface area (Å²) in [6, 6.07) is 7.78. The van der Waals surface area contributed by atoms with E-state index in [9.17, 15) is 25.3 Å². The van der Waals surface area contributed by atoms with E-state index in [1.165, 1.54) is 19.1 Å². The Labute approximate surface area is 116 Å². The molecular formula is C13H15N3O4. The monoisotopic (exact) mass is 277 g/mol. The van der Waals surface area contributed by atoms with Crippen molar-refractivity contribution in [1.29, 1.82) is 5.26 Å². The number of carboxylic acids is 1. The largest absolute Gasteiger partial charge is 0.474 e. The summed E-state index contributed by atoms with van der Waals surface area (Å²) in [5.74, 6) is -2.50. The molecule has 1 N–H and O–H groups in total. The number of para-hydroxylation sites is 1. The number of carbonyl (C=O) groups is 1. The molecule has 1 aromatic carbocycles. The highest BCUT2D eigenvalue weighted by atomic mass is 16.6. The molecule has 0 fully saturated rings. The zero-order valence-corrected chi connectivity index (χ0v) is 11.2. The highest BCUT2D eigenvalue weighted by Crippen LogP contribution is 2.32. The van der Waals surface area contributed by atoms with Gasteiger partial charge in [-0.15, -0.1) is 0 Å². The van der Waals surface area contributed by atoms with Gasteiger partial charge in [0.2, 0.25) is 0 Å². The number of nitrogens with zero attached hydrogens (tertiary/aromatic N) is 3. The first-order valence-corrected chi connectivity index (χ1v) is 6.05. The van der Waals surface area contributed by atoms with E-state index < -0.39 is 22.5 Å². The molecule has 0 saturated heterocycles. The van der Waals surface area contributed by atoms with Crippen molar-refractivity contribution < 1.29 is 14.8 Å². The fourth-order valence-electron chi connectivity index (χ4n) is 2.06. The molecule has 0 heterocycles. The molecule has 20 heavy (non-hydrogen) atoms. The van der Waals surface area contributed by atoms with E-state index in [4.69, 9.17) is 0 Å². The van der Waals surface area contributed by atoms with Crippen LogP contribution in [0.1, 0.15) is 20.3 Å². The molecule has 1 aromatic rings. The van der Waals surface area contributed by atoms with Crippen molar-refractivity contribution in [1.82, 2.24) is 0 Å². The summed E-state index contributed by atoms with van der Waals surface area (Å²) >= 11 is 0. The molecule has 0 aliphatic carbocycles. The first-order chi connectivity index (χ1) is 9.42. The lowest BCUT2D eigenvalue weighted by molar-refractivity contribution is -0.562. The molecule has 0 aliphatic rings. The summed E-state index contributed by atoms with van der Waals surface area (Å²) in [6.45, 7) is 3.09. The van der Waals surface area contributed by atoms with E-state index in [-0.39, 0.29) is 12.1 Å². The van der Waals surface area contributed by atoms with Gasteiger partial charge in [-0.3, -0.25) is 10.1 Å². The van der Waals surface area contributed by atoms with Crippen molar-refractivity contribution in [2.24, 2.45) is 5.92 Å². The Morgan fingerprint density at radius 1 is 1.55 bits per heavy atom. The number of benzene rings is 1. The second-order valence-electron chi connectivity index (χ2n) is 4.37. The minimum atomic E-state index is -2.51. The van der Waals surface area contributed by atoms with E-state index in [1.54, 1.807) is 31.3 Å². The molecule has 0 aromatic heterocycles. The average Bonchev–Trinajstić information content (AvgIpc) is 2.43. The summed E-state index contributed by atoms with van der Waals surface area (Å²) in [5, 5.41) is 30.2. The number of hydrogen-bond acceptors (Lipinski definition) is 5. The summed E-state index contributed by atoms with van der Waals surface area (Å²) < 4.78 is 0. The minimum Gasteiger partial charge on any atom is -0.474 e. The fourth-order valence-corrected chi connectivity index (χ4v) is 2.06. The SMILES string of the molecule is CC[C@H](C)[C@@](C(=O)O)(N(C#N)c1ccccc1)[N+](=O)[O-]. The minimum absolute atomic E-state index is 0.175. The highest BCUT2D eigenvalue weighted by molar-refractivity contribution is 5.83. The molecule has 0 bridgehead atoms. The molecule has 7 nitrogen and oxygen atoms in total. The second kappa shape index (κ2) is 6.02. The molecule has 0 radical (unpaired) electrons. The molecule has 106 valence electrons. The Bertz CT molecular complexity index is 524.